The molecule has 106 valence electrons. The van der Waals surface area contributed by atoms with Gasteiger partial charge in [-0.05, 0) is 64.6 Å². The molecule has 0 aromatic heterocycles. The Labute approximate surface area is 112 Å². The lowest BCUT2D eigenvalue weighted by Gasteiger charge is -2.38. The van der Waals surface area contributed by atoms with Gasteiger partial charge in [-0.2, -0.15) is 0 Å². The number of piperidine rings is 1. The maximum atomic E-state index is 9.47. The van der Waals surface area contributed by atoms with Crippen LogP contribution in [0.4, 0.5) is 0 Å². The van der Waals surface area contributed by atoms with Crippen LogP contribution in [0.25, 0.3) is 0 Å². The first-order valence-electron chi connectivity index (χ1n) is 7.76. The number of nitrogens with one attached hydrogen (secondary N) is 1. The van der Waals surface area contributed by atoms with Crippen LogP contribution in [0.3, 0.4) is 0 Å². The lowest BCUT2D eigenvalue weighted by molar-refractivity contribution is 0.126. The summed E-state index contributed by atoms with van der Waals surface area (Å²) in [5.41, 5.74) is 0. The van der Waals surface area contributed by atoms with Gasteiger partial charge in [-0.1, -0.05) is 12.8 Å². The van der Waals surface area contributed by atoms with Crippen molar-refractivity contribution < 1.29 is 5.11 Å². The molecule has 2 rings (SSSR count). The molecule has 3 heteroatoms. The molecule has 3 atom stereocenters. The lowest BCUT2D eigenvalue weighted by atomic mass is 9.83. The van der Waals surface area contributed by atoms with Crippen molar-refractivity contribution in [2.24, 2.45) is 11.8 Å². The number of aliphatic hydroxyl groups is 1. The minimum Gasteiger partial charge on any atom is -0.396 e. The van der Waals surface area contributed by atoms with Crippen LogP contribution in [0.2, 0.25) is 0 Å². The van der Waals surface area contributed by atoms with Crippen molar-refractivity contribution in [1.82, 2.24) is 10.2 Å². The van der Waals surface area contributed by atoms with Crippen LogP contribution in [0, 0.1) is 11.8 Å². The average Bonchev–Trinajstić information content (AvgIpc) is 2.40. The molecule has 0 spiro atoms. The second-order valence-electron chi connectivity index (χ2n) is 6.43. The summed E-state index contributed by atoms with van der Waals surface area (Å²) >= 11 is 0. The molecule has 0 radical (unpaired) electrons. The molecule has 1 saturated heterocycles. The van der Waals surface area contributed by atoms with Crippen LogP contribution in [0.1, 0.15) is 45.4 Å². The third kappa shape index (κ3) is 3.69. The van der Waals surface area contributed by atoms with Gasteiger partial charge in [0.25, 0.3) is 0 Å². The molecule has 0 aromatic rings. The Hall–Kier alpha value is -0.120. The molecule has 0 bridgehead atoms. The highest BCUT2D eigenvalue weighted by molar-refractivity contribution is 4.86. The van der Waals surface area contributed by atoms with E-state index in [0.717, 1.165) is 5.92 Å². The molecule has 2 aliphatic rings. The topological polar surface area (TPSA) is 35.5 Å². The van der Waals surface area contributed by atoms with Gasteiger partial charge in [0.1, 0.15) is 0 Å². The molecule has 3 unspecified atom stereocenters. The molecule has 1 aliphatic heterocycles. The molecule has 2 N–H and O–H groups in total. The zero-order valence-electron chi connectivity index (χ0n) is 12.1. The highest BCUT2D eigenvalue weighted by atomic mass is 16.3. The van der Waals surface area contributed by atoms with Gasteiger partial charge in [0.15, 0.2) is 0 Å². The maximum Gasteiger partial charge on any atom is 0.0474 e. The van der Waals surface area contributed by atoms with E-state index >= 15 is 0 Å². The minimum atomic E-state index is 0.359. The van der Waals surface area contributed by atoms with E-state index < -0.39 is 0 Å². The van der Waals surface area contributed by atoms with Crippen LogP contribution in [0.15, 0.2) is 0 Å². The Bertz CT molecular complexity index is 239. The molecule has 18 heavy (non-hydrogen) atoms. The van der Waals surface area contributed by atoms with Gasteiger partial charge >= 0.3 is 0 Å². The van der Waals surface area contributed by atoms with Gasteiger partial charge < -0.3 is 15.3 Å². The van der Waals surface area contributed by atoms with Crippen molar-refractivity contribution in [1.29, 1.82) is 0 Å². The van der Waals surface area contributed by atoms with Crippen molar-refractivity contribution in [2.75, 3.05) is 26.7 Å². The summed E-state index contributed by atoms with van der Waals surface area (Å²) in [6.07, 6.45) is 7.72. The van der Waals surface area contributed by atoms with Crippen LogP contribution in [-0.2, 0) is 0 Å². The highest BCUT2D eigenvalue weighted by Gasteiger charge is 2.29. The number of nitrogens with zero attached hydrogens (tertiary/aromatic N) is 1. The monoisotopic (exact) mass is 254 g/mol. The van der Waals surface area contributed by atoms with Crippen LogP contribution < -0.4 is 5.32 Å². The molecular weight excluding hydrogens is 224 g/mol. The Morgan fingerprint density at radius 3 is 2.50 bits per heavy atom. The van der Waals surface area contributed by atoms with E-state index in [1.54, 1.807) is 0 Å². The molecule has 2 fully saturated rings. The Morgan fingerprint density at radius 2 is 1.83 bits per heavy atom. The smallest absolute Gasteiger partial charge is 0.0474 e. The fourth-order valence-corrected chi connectivity index (χ4v) is 3.65. The zero-order chi connectivity index (χ0) is 13.0. The van der Waals surface area contributed by atoms with E-state index in [9.17, 15) is 5.11 Å². The zero-order valence-corrected chi connectivity index (χ0v) is 12.1. The fourth-order valence-electron chi connectivity index (χ4n) is 3.65. The van der Waals surface area contributed by atoms with Crippen molar-refractivity contribution >= 4 is 0 Å². The first-order valence-corrected chi connectivity index (χ1v) is 7.76. The quantitative estimate of drug-likeness (QED) is 0.804. The number of hydrogen-bond acceptors (Lipinski definition) is 3. The van der Waals surface area contributed by atoms with E-state index in [1.807, 2.05) is 0 Å². The normalized spacial score (nSPS) is 33.5. The summed E-state index contributed by atoms with van der Waals surface area (Å²) < 4.78 is 0. The number of hydrogen-bond donors (Lipinski definition) is 2. The van der Waals surface area contributed by atoms with Gasteiger partial charge in [-0.25, -0.2) is 0 Å². The summed E-state index contributed by atoms with van der Waals surface area (Å²) in [6.45, 7) is 5.19. The summed E-state index contributed by atoms with van der Waals surface area (Å²) in [6, 6.07) is 1.16. The number of aliphatic hydroxyl groups excluding tert-OH is 1. The summed E-state index contributed by atoms with van der Waals surface area (Å²) in [5, 5.41) is 13.3. The minimum absolute atomic E-state index is 0.359. The van der Waals surface area contributed by atoms with Crippen molar-refractivity contribution in [3.63, 3.8) is 0 Å². The van der Waals surface area contributed by atoms with Crippen LogP contribution >= 0.6 is 0 Å². The largest absolute Gasteiger partial charge is 0.396 e. The summed E-state index contributed by atoms with van der Waals surface area (Å²) in [5.74, 6) is 1.31. The third-order valence-electron chi connectivity index (χ3n) is 5.09. The van der Waals surface area contributed by atoms with Crippen molar-refractivity contribution in [3.8, 4) is 0 Å². The molecule has 0 amide bonds. The Morgan fingerprint density at radius 1 is 1.17 bits per heavy atom. The summed E-state index contributed by atoms with van der Waals surface area (Å²) in [4.78, 5) is 2.43. The van der Waals surface area contributed by atoms with Gasteiger partial charge in [0.2, 0.25) is 0 Å². The molecule has 0 aromatic carbocycles. The predicted molar refractivity (Wildman–Crippen MR) is 75.7 cm³/mol. The first-order chi connectivity index (χ1) is 8.70. The van der Waals surface area contributed by atoms with E-state index in [0.29, 0.717) is 24.6 Å². The molecule has 1 heterocycles. The summed E-state index contributed by atoms with van der Waals surface area (Å²) in [7, 11) is 2.22. The SMILES string of the molecule is CC(NC1CCCCC1CO)C1CCN(C)CC1. The van der Waals surface area contributed by atoms with Gasteiger partial charge in [0, 0.05) is 18.7 Å². The fraction of sp³-hybridized carbons (Fsp3) is 1.00. The second-order valence-corrected chi connectivity index (χ2v) is 6.43. The number of rotatable bonds is 4. The third-order valence-corrected chi connectivity index (χ3v) is 5.09. The average molecular weight is 254 g/mol. The molecule has 3 nitrogen and oxygen atoms in total. The van der Waals surface area contributed by atoms with E-state index in [-0.39, 0.29) is 0 Å². The Kier molecular flexibility index (Phi) is 5.46. The van der Waals surface area contributed by atoms with Crippen molar-refractivity contribution in [3.05, 3.63) is 0 Å². The van der Waals surface area contributed by atoms with Gasteiger partial charge in [0.05, 0.1) is 0 Å². The van der Waals surface area contributed by atoms with Crippen molar-refractivity contribution in [2.45, 2.75) is 57.5 Å². The molecule has 1 aliphatic carbocycles. The van der Waals surface area contributed by atoms with E-state index in [4.69, 9.17) is 0 Å². The van der Waals surface area contributed by atoms with Crippen LogP contribution in [0.5, 0.6) is 0 Å². The van der Waals surface area contributed by atoms with E-state index in [2.05, 4.69) is 24.2 Å². The Balaban J connectivity index is 1.80. The predicted octanol–water partition coefficient (Wildman–Crippen LogP) is 1.86. The van der Waals surface area contributed by atoms with Gasteiger partial charge in [-0.3, -0.25) is 0 Å². The second kappa shape index (κ2) is 6.88. The maximum absolute atomic E-state index is 9.47. The van der Waals surface area contributed by atoms with Crippen LogP contribution in [-0.4, -0.2) is 48.8 Å². The number of likely N-dealkylation sites (tertiary alicyclic amines) is 1. The van der Waals surface area contributed by atoms with Gasteiger partial charge in [-0.15, -0.1) is 0 Å². The first kappa shape index (κ1) is 14.3. The molecular formula is C15H30N2O. The lowest BCUT2D eigenvalue weighted by Crippen LogP contribution is -2.49. The van der Waals surface area contributed by atoms with E-state index in [1.165, 1.54) is 51.6 Å². The standard InChI is InChI=1S/C15H30N2O/c1-12(13-7-9-17(2)10-8-13)16-15-6-4-3-5-14(15)11-18/h12-16,18H,3-11H2,1-2H3. The molecule has 1 saturated carbocycles. The highest BCUT2D eigenvalue weighted by Crippen LogP contribution is 2.26.